The first-order valence-corrected chi connectivity index (χ1v) is 9.59. The van der Waals surface area contributed by atoms with Crippen molar-refractivity contribution in [2.75, 3.05) is 13.1 Å². The number of piperazine rings is 1. The molecule has 1 aromatic carbocycles. The van der Waals surface area contributed by atoms with Crippen LogP contribution in [-0.2, 0) is 11.0 Å². The Morgan fingerprint density at radius 2 is 1.90 bits per heavy atom. The Kier molecular flexibility index (Phi) is 5.88. The van der Waals surface area contributed by atoms with Crippen molar-refractivity contribution in [3.63, 3.8) is 0 Å². The maximum absolute atomic E-state index is 13.7. The van der Waals surface area contributed by atoms with Crippen molar-refractivity contribution in [2.24, 2.45) is 5.73 Å². The van der Waals surface area contributed by atoms with Crippen molar-refractivity contribution < 1.29 is 27.2 Å². The molecule has 0 spiro atoms. The predicted molar refractivity (Wildman–Crippen MR) is 105 cm³/mol. The molecule has 1 aliphatic rings. The van der Waals surface area contributed by atoms with Gasteiger partial charge in [0.1, 0.15) is 17.1 Å². The van der Waals surface area contributed by atoms with Gasteiger partial charge in [0.2, 0.25) is 5.91 Å². The summed E-state index contributed by atoms with van der Waals surface area (Å²) < 4.78 is 53.5. The number of halogens is 5. The molecule has 31 heavy (non-hydrogen) atoms. The molecule has 0 saturated carbocycles. The summed E-state index contributed by atoms with van der Waals surface area (Å²) in [5.74, 6) is -1.27. The quantitative estimate of drug-likeness (QED) is 0.706. The lowest BCUT2D eigenvalue weighted by Crippen LogP contribution is -2.66. The minimum Gasteiger partial charge on any atom is -0.351 e. The molecule has 11 heteroatoms. The zero-order valence-electron chi connectivity index (χ0n) is 16.6. The second-order valence-corrected chi connectivity index (χ2v) is 7.98. The smallest absolute Gasteiger partial charge is 0.351 e. The Bertz CT molecular complexity index is 1030. The number of nitrogens with two attached hydrogens (primary N) is 1. The summed E-state index contributed by atoms with van der Waals surface area (Å²) in [6.07, 6.45) is -4.70. The van der Waals surface area contributed by atoms with Crippen LogP contribution in [0.4, 0.5) is 22.4 Å². The monoisotopic (exact) mass is 458 g/mol. The molecule has 1 aromatic heterocycles. The molecule has 0 unspecified atom stereocenters. The van der Waals surface area contributed by atoms with Crippen molar-refractivity contribution in [3.8, 4) is 0 Å². The van der Waals surface area contributed by atoms with Gasteiger partial charge in [0.25, 0.3) is 0 Å². The van der Waals surface area contributed by atoms with Crippen LogP contribution in [-0.4, -0.2) is 45.4 Å². The Balaban J connectivity index is 2.15. The first kappa shape index (κ1) is 22.8. The number of amides is 3. The van der Waals surface area contributed by atoms with E-state index in [0.29, 0.717) is 0 Å². The molecule has 3 rings (SSSR count). The normalized spacial score (nSPS) is 17.6. The number of carbonyl (C=O) groups is 2. The third-order valence-electron chi connectivity index (χ3n) is 5.20. The number of aromatic nitrogens is 1. The van der Waals surface area contributed by atoms with Gasteiger partial charge in [0.05, 0.1) is 16.8 Å². The maximum Gasteiger partial charge on any atom is 0.433 e. The van der Waals surface area contributed by atoms with Gasteiger partial charge in [-0.25, -0.2) is 14.2 Å². The summed E-state index contributed by atoms with van der Waals surface area (Å²) in [6.45, 7) is 3.00. The van der Waals surface area contributed by atoms with Gasteiger partial charge < -0.3 is 15.5 Å². The minimum absolute atomic E-state index is 0.0250. The van der Waals surface area contributed by atoms with Crippen LogP contribution in [0.5, 0.6) is 0 Å². The number of carbonyl (C=O) groups excluding carboxylic acids is 2. The topological polar surface area (TPSA) is 79.5 Å². The lowest BCUT2D eigenvalue weighted by Gasteiger charge is -2.47. The number of benzene rings is 1. The molecule has 1 aliphatic heterocycles. The molecular formula is C20H19ClF4N4O2. The number of hydrogen-bond donors (Lipinski definition) is 1. The highest BCUT2D eigenvalue weighted by atomic mass is 35.5. The SMILES string of the molecule is CC1(C)C(=O)N([C@H](c2ccc(F)c(Cl)c2)c2cccc(C(F)(F)F)n2)CCN1C(N)=O. The Labute approximate surface area is 180 Å². The van der Waals surface area contributed by atoms with Crippen LogP contribution in [0, 0.1) is 5.82 Å². The minimum atomic E-state index is -4.70. The highest BCUT2D eigenvalue weighted by Crippen LogP contribution is 2.36. The zero-order valence-corrected chi connectivity index (χ0v) is 17.3. The number of primary amides is 1. The van der Waals surface area contributed by atoms with E-state index in [-0.39, 0.29) is 29.4 Å². The largest absolute Gasteiger partial charge is 0.433 e. The third-order valence-corrected chi connectivity index (χ3v) is 5.49. The highest BCUT2D eigenvalue weighted by Gasteiger charge is 2.46. The lowest BCUT2D eigenvalue weighted by atomic mass is 9.93. The molecule has 0 bridgehead atoms. The van der Waals surface area contributed by atoms with E-state index in [1.807, 2.05) is 0 Å². The molecule has 2 heterocycles. The van der Waals surface area contributed by atoms with Crippen LogP contribution < -0.4 is 5.73 Å². The van der Waals surface area contributed by atoms with Gasteiger partial charge in [0, 0.05) is 13.1 Å². The zero-order chi connectivity index (χ0) is 23.1. The highest BCUT2D eigenvalue weighted by molar-refractivity contribution is 6.30. The summed E-state index contributed by atoms with van der Waals surface area (Å²) in [7, 11) is 0. The average Bonchev–Trinajstić information content (AvgIpc) is 2.67. The molecular weight excluding hydrogens is 440 g/mol. The van der Waals surface area contributed by atoms with E-state index in [0.717, 1.165) is 12.1 Å². The summed E-state index contributed by atoms with van der Waals surface area (Å²) in [5, 5.41) is -0.253. The standard InChI is InChI=1S/C20H19ClF4N4O2/c1-19(2)17(30)28(8-9-29(19)18(26)31)16(11-6-7-13(22)12(21)10-11)14-4-3-5-15(27-14)20(23,24)25/h3-7,10,16H,8-9H2,1-2H3,(H2,26,31)/t16-/m1/s1. The first-order valence-electron chi connectivity index (χ1n) is 9.21. The number of rotatable bonds is 3. The van der Waals surface area contributed by atoms with E-state index in [9.17, 15) is 27.2 Å². The fourth-order valence-electron chi connectivity index (χ4n) is 3.64. The fourth-order valence-corrected chi connectivity index (χ4v) is 3.83. The number of nitrogens with zero attached hydrogens (tertiary/aromatic N) is 3. The molecule has 1 fully saturated rings. The molecule has 1 atom stereocenters. The van der Waals surface area contributed by atoms with Crippen molar-refractivity contribution in [1.82, 2.24) is 14.8 Å². The second kappa shape index (κ2) is 7.99. The van der Waals surface area contributed by atoms with Crippen molar-refractivity contribution >= 4 is 23.5 Å². The predicted octanol–water partition coefficient (Wildman–Crippen LogP) is 3.98. The second-order valence-electron chi connectivity index (χ2n) is 7.57. The van der Waals surface area contributed by atoms with Crippen molar-refractivity contribution in [1.29, 1.82) is 0 Å². The van der Waals surface area contributed by atoms with Crippen LogP contribution in [0.1, 0.15) is 36.8 Å². The summed E-state index contributed by atoms with van der Waals surface area (Å²) in [6, 6.07) is 5.08. The summed E-state index contributed by atoms with van der Waals surface area (Å²) >= 11 is 5.90. The number of pyridine rings is 1. The fraction of sp³-hybridized carbons (Fsp3) is 0.350. The van der Waals surface area contributed by atoms with Crippen LogP contribution in [0.15, 0.2) is 36.4 Å². The van der Waals surface area contributed by atoms with Gasteiger partial charge in [-0.2, -0.15) is 13.2 Å². The Morgan fingerprint density at radius 1 is 1.23 bits per heavy atom. The van der Waals surface area contributed by atoms with E-state index < -0.39 is 41.2 Å². The molecule has 0 radical (unpaired) electrons. The number of alkyl halides is 3. The maximum atomic E-state index is 13.7. The van der Waals surface area contributed by atoms with Gasteiger partial charge in [-0.3, -0.25) is 4.79 Å². The van der Waals surface area contributed by atoms with E-state index in [2.05, 4.69) is 4.98 Å². The lowest BCUT2D eigenvalue weighted by molar-refractivity contribution is -0.148. The van der Waals surface area contributed by atoms with Crippen molar-refractivity contribution in [3.05, 3.63) is 64.2 Å². The third kappa shape index (κ3) is 4.30. The van der Waals surface area contributed by atoms with E-state index in [4.69, 9.17) is 17.3 Å². The van der Waals surface area contributed by atoms with Crippen LogP contribution in [0.3, 0.4) is 0 Å². The molecule has 2 aromatic rings. The van der Waals surface area contributed by atoms with E-state index >= 15 is 0 Å². The van der Waals surface area contributed by atoms with Crippen LogP contribution >= 0.6 is 11.6 Å². The molecule has 166 valence electrons. The molecule has 1 saturated heterocycles. The Morgan fingerprint density at radius 3 is 2.48 bits per heavy atom. The first-order chi connectivity index (χ1) is 14.3. The van der Waals surface area contributed by atoms with Gasteiger partial charge in [-0.1, -0.05) is 23.7 Å². The van der Waals surface area contributed by atoms with Gasteiger partial charge >= 0.3 is 12.2 Å². The van der Waals surface area contributed by atoms with Gasteiger partial charge in [-0.15, -0.1) is 0 Å². The van der Waals surface area contributed by atoms with E-state index in [1.54, 1.807) is 0 Å². The molecule has 0 aliphatic carbocycles. The summed E-state index contributed by atoms with van der Waals surface area (Å²) in [5.41, 5.74) is 3.08. The number of hydrogen-bond acceptors (Lipinski definition) is 3. The van der Waals surface area contributed by atoms with Crippen molar-refractivity contribution in [2.45, 2.75) is 31.6 Å². The van der Waals surface area contributed by atoms with Crippen LogP contribution in [0.2, 0.25) is 5.02 Å². The van der Waals surface area contributed by atoms with Gasteiger partial charge in [0.15, 0.2) is 0 Å². The van der Waals surface area contributed by atoms with Crippen LogP contribution in [0.25, 0.3) is 0 Å². The molecule has 2 N–H and O–H groups in total. The molecule has 3 amide bonds. The summed E-state index contributed by atoms with van der Waals surface area (Å²) in [4.78, 5) is 31.3. The van der Waals surface area contributed by atoms with E-state index in [1.165, 1.54) is 47.9 Å². The average molecular weight is 459 g/mol. The molecule has 6 nitrogen and oxygen atoms in total. The Hall–Kier alpha value is -2.88. The van der Waals surface area contributed by atoms with Gasteiger partial charge in [-0.05, 0) is 43.7 Å². The number of urea groups is 1.